The Balaban J connectivity index is 1.62. The predicted molar refractivity (Wildman–Crippen MR) is 86.2 cm³/mol. The van der Waals surface area contributed by atoms with Crippen LogP contribution in [0.25, 0.3) is 11.0 Å². The molecular weight excluding hydrogens is 319 g/mol. The van der Waals surface area contributed by atoms with Crippen LogP contribution in [-0.2, 0) is 4.79 Å². The maximum Gasteiger partial charge on any atom is 0.253 e. The number of imidazole rings is 1. The van der Waals surface area contributed by atoms with Crippen molar-refractivity contribution in [3.63, 3.8) is 0 Å². The minimum atomic E-state index is -0.504. The average Bonchev–Trinajstić information content (AvgIpc) is 3.07. The Labute approximate surface area is 137 Å². The Kier molecular flexibility index (Phi) is 4.42. The number of likely N-dealkylation sites (tertiary alicyclic amines) is 1. The summed E-state index contributed by atoms with van der Waals surface area (Å²) in [7, 11) is 0. The fourth-order valence-corrected chi connectivity index (χ4v) is 3.01. The first-order valence-electron chi connectivity index (χ1n) is 7.52. The third kappa shape index (κ3) is 3.42. The number of hydrogen-bond acceptors (Lipinski definition) is 3. The first-order valence-corrected chi connectivity index (χ1v) is 7.93. The summed E-state index contributed by atoms with van der Waals surface area (Å²) in [4.78, 5) is 31.2. The molecule has 2 aromatic rings. The molecule has 0 atom stereocenters. The molecular formula is C15H17FN4O2S. The van der Waals surface area contributed by atoms with Crippen molar-refractivity contribution in [3.05, 3.63) is 28.3 Å². The van der Waals surface area contributed by atoms with Gasteiger partial charge in [-0.25, -0.2) is 4.39 Å². The maximum absolute atomic E-state index is 13.6. The molecule has 0 unspecified atom stereocenters. The van der Waals surface area contributed by atoms with E-state index in [1.807, 2.05) is 0 Å². The van der Waals surface area contributed by atoms with Gasteiger partial charge < -0.3 is 20.2 Å². The van der Waals surface area contributed by atoms with Crippen LogP contribution in [0, 0.1) is 10.6 Å². The molecule has 3 rings (SSSR count). The first-order chi connectivity index (χ1) is 11.0. The standard InChI is InChI=1S/C15H17FN4O2S/c16-9-7-10(13-11(8-9)18-15(23)19-13)14(22)17-4-2-6-20-5-1-3-12(20)21/h7-8H,1-6H2,(H,17,22)(H2,18,19,23). The Bertz CT molecular complexity index is 813. The van der Waals surface area contributed by atoms with E-state index in [1.165, 1.54) is 12.1 Å². The summed E-state index contributed by atoms with van der Waals surface area (Å²) in [5.74, 6) is -0.703. The van der Waals surface area contributed by atoms with Gasteiger partial charge >= 0.3 is 0 Å². The summed E-state index contributed by atoms with van der Waals surface area (Å²) in [6.07, 6.45) is 2.18. The van der Waals surface area contributed by atoms with Gasteiger partial charge in [-0.2, -0.15) is 0 Å². The van der Waals surface area contributed by atoms with E-state index in [2.05, 4.69) is 15.3 Å². The highest BCUT2D eigenvalue weighted by Crippen LogP contribution is 2.18. The van der Waals surface area contributed by atoms with E-state index in [-0.39, 0.29) is 17.4 Å². The molecule has 122 valence electrons. The third-order valence-electron chi connectivity index (χ3n) is 3.90. The lowest BCUT2D eigenvalue weighted by Crippen LogP contribution is -2.30. The molecule has 1 fully saturated rings. The number of benzene rings is 1. The number of carbonyl (C=O) groups is 2. The number of aromatic nitrogens is 2. The van der Waals surface area contributed by atoms with E-state index in [0.717, 1.165) is 13.0 Å². The van der Waals surface area contributed by atoms with Crippen LogP contribution in [0.15, 0.2) is 12.1 Å². The van der Waals surface area contributed by atoms with Gasteiger partial charge in [-0.3, -0.25) is 9.59 Å². The molecule has 1 aliphatic rings. The zero-order chi connectivity index (χ0) is 16.4. The number of hydrogen-bond donors (Lipinski definition) is 3. The maximum atomic E-state index is 13.6. The molecule has 0 radical (unpaired) electrons. The highest BCUT2D eigenvalue weighted by atomic mass is 32.1. The first kappa shape index (κ1) is 15.7. The number of nitrogens with zero attached hydrogens (tertiary/aromatic N) is 1. The highest BCUT2D eigenvalue weighted by Gasteiger charge is 2.19. The predicted octanol–water partition coefficient (Wildman–Crippen LogP) is 2.11. The van der Waals surface area contributed by atoms with E-state index < -0.39 is 5.82 Å². The lowest BCUT2D eigenvalue weighted by molar-refractivity contribution is -0.127. The molecule has 2 amide bonds. The average molecular weight is 336 g/mol. The van der Waals surface area contributed by atoms with Crippen molar-refractivity contribution < 1.29 is 14.0 Å². The summed E-state index contributed by atoms with van der Waals surface area (Å²) in [5.41, 5.74) is 1.16. The van der Waals surface area contributed by atoms with Crippen LogP contribution >= 0.6 is 12.2 Å². The smallest absolute Gasteiger partial charge is 0.253 e. The lowest BCUT2D eigenvalue weighted by atomic mass is 10.1. The zero-order valence-corrected chi connectivity index (χ0v) is 13.3. The second kappa shape index (κ2) is 6.49. The van der Waals surface area contributed by atoms with Gasteiger partial charge in [-0.1, -0.05) is 0 Å². The van der Waals surface area contributed by atoms with Crippen LogP contribution < -0.4 is 5.32 Å². The van der Waals surface area contributed by atoms with Crippen molar-refractivity contribution in [2.75, 3.05) is 19.6 Å². The van der Waals surface area contributed by atoms with Crippen LogP contribution in [0.5, 0.6) is 0 Å². The summed E-state index contributed by atoms with van der Waals surface area (Å²) in [6, 6.07) is 2.47. The van der Waals surface area contributed by atoms with Crippen LogP contribution in [0.1, 0.15) is 29.6 Å². The number of carbonyl (C=O) groups excluding carboxylic acids is 2. The van der Waals surface area contributed by atoms with Crippen LogP contribution in [0.3, 0.4) is 0 Å². The van der Waals surface area contributed by atoms with Gasteiger partial charge in [0.2, 0.25) is 5.91 Å². The molecule has 0 saturated carbocycles. The zero-order valence-electron chi connectivity index (χ0n) is 12.4. The fraction of sp³-hybridized carbons (Fsp3) is 0.400. The molecule has 3 N–H and O–H groups in total. The summed E-state index contributed by atoms with van der Waals surface area (Å²) < 4.78 is 14.0. The number of halogens is 1. The van der Waals surface area contributed by atoms with E-state index in [9.17, 15) is 14.0 Å². The Morgan fingerprint density at radius 3 is 2.96 bits per heavy atom. The Morgan fingerprint density at radius 2 is 2.22 bits per heavy atom. The summed E-state index contributed by atoms with van der Waals surface area (Å²) in [6.45, 7) is 1.84. The molecule has 23 heavy (non-hydrogen) atoms. The van der Waals surface area contributed by atoms with Crippen molar-refractivity contribution >= 4 is 35.1 Å². The van der Waals surface area contributed by atoms with E-state index in [1.54, 1.807) is 4.90 Å². The van der Waals surface area contributed by atoms with Gasteiger partial charge in [0.15, 0.2) is 4.77 Å². The molecule has 2 heterocycles. The molecule has 0 bridgehead atoms. The summed E-state index contributed by atoms with van der Waals surface area (Å²) >= 11 is 4.98. The minimum Gasteiger partial charge on any atom is -0.352 e. The second-order valence-corrected chi connectivity index (χ2v) is 5.96. The molecule has 1 saturated heterocycles. The van der Waals surface area contributed by atoms with Gasteiger partial charge in [0.1, 0.15) is 5.82 Å². The van der Waals surface area contributed by atoms with Crippen molar-refractivity contribution in [1.29, 1.82) is 0 Å². The van der Waals surface area contributed by atoms with E-state index >= 15 is 0 Å². The summed E-state index contributed by atoms with van der Waals surface area (Å²) in [5, 5.41) is 2.75. The number of fused-ring (bicyclic) bond motifs is 1. The SMILES string of the molecule is O=C(NCCCN1CCCC1=O)c1cc(F)cc2[nH]c(=S)[nH]c12. The highest BCUT2D eigenvalue weighted by molar-refractivity contribution is 7.71. The quantitative estimate of drug-likeness (QED) is 0.578. The number of H-pyrrole nitrogens is 2. The Hall–Kier alpha value is -2.22. The topological polar surface area (TPSA) is 81.0 Å². The molecule has 1 aliphatic heterocycles. The van der Waals surface area contributed by atoms with Crippen molar-refractivity contribution in [1.82, 2.24) is 20.2 Å². The van der Waals surface area contributed by atoms with Gasteiger partial charge in [0, 0.05) is 26.1 Å². The van der Waals surface area contributed by atoms with Crippen LogP contribution in [0.4, 0.5) is 4.39 Å². The number of amides is 2. The number of aromatic amines is 2. The van der Waals surface area contributed by atoms with E-state index in [0.29, 0.717) is 41.7 Å². The van der Waals surface area contributed by atoms with Gasteiger partial charge in [-0.05, 0) is 37.2 Å². The van der Waals surface area contributed by atoms with Crippen LogP contribution in [-0.4, -0.2) is 46.3 Å². The molecule has 1 aromatic heterocycles. The molecule has 8 heteroatoms. The molecule has 6 nitrogen and oxygen atoms in total. The van der Waals surface area contributed by atoms with Gasteiger partial charge in [-0.15, -0.1) is 0 Å². The third-order valence-corrected chi connectivity index (χ3v) is 4.10. The Morgan fingerprint density at radius 1 is 1.39 bits per heavy atom. The normalized spacial score (nSPS) is 14.7. The van der Waals surface area contributed by atoms with E-state index in [4.69, 9.17) is 12.2 Å². The van der Waals surface area contributed by atoms with Crippen molar-refractivity contribution in [2.24, 2.45) is 0 Å². The van der Waals surface area contributed by atoms with Gasteiger partial charge in [0.25, 0.3) is 5.91 Å². The molecule has 0 spiro atoms. The van der Waals surface area contributed by atoms with Crippen molar-refractivity contribution in [2.45, 2.75) is 19.3 Å². The number of nitrogens with one attached hydrogen (secondary N) is 3. The van der Waals surface area contributed by atoms with Gasteiger partial charge in [0.05, 0.1) is 16.6 Å². The van der Waals surface area contributed by atoms with Crippen molar-refractivity contribution in [3.8, 4) is 0 Å². The monoisotopic (exact) mass is 336 g/mol. The van der Waals surface area contributed by atoms with Crippen LogP contribution in [0.2, 0.25) is 0 Å². The fourth-order valence-electron chi connectivity index (χ4n) is 2.79. The lowest BCUT2D eigenvalue weighted by Gasteiger charge is -2.15. The molecule has 0 aliphatic carbocycles. The second-order valence-electron chi connectivity index (χ2n) is 5.55. The largest absolute Gasteiger partial charge is 0.352 e. The number of rotatable bonds is 5. The minimum absolute atomic E-state index is 0.170. The molecule has 1 aromatic carbocycles.